The first-order chi connectivity index (χ1) is 9.32. The number of hydrogen-bond acceptors (Lipinski definition) is 2. The molecule has 1 saturated heterocycles. The zero-order chi connectivity index (χ0) is 14.9. The van der Waals surface area contributed by atoms with Gasteiger partial charge in [-0.3, -0.25) is 9.59 Å². The Balaban J connectivity index is 2.13. The number of aryl methyl sites for hydroxylation is 1. The van der Waals surface area contributed by atoms with Crippen LogP contribution in [0.3, 0.4) is 0 Å². The van der Waals surface area contributed by atoms with Crippen molar-refractivity contribution in [1.82, 2.24) is 10.6 Å². The average Bonchev–Trinajstić information content (AvgIpc) is 2.37. The van der Waals surface area contributed by atoms with Gasteiger partial charge >= 0.3 is 0 Å². The molecule has 1 heterocycles. The normalized spacial score (nSPS) is 22.4. The van der Waals surface area contributed by atoms with Gasteiger partial charge < -0.3 is 10.6 Å². The van der Waals surface area contributed by atoms with Gasteiger partial charge in [0.15, 0.2) is 0 Å². The van der Waals surface area contributed by atoms with Gasteiger partial charge in [0.2, 0.25) is 11.8 Å². The van der Waals surface area contributed by atoms with Crippen molar-refractivity contribution in [3.05, 3.63) is 33.8 Å². The monoisotopic (exact) mass is 346 g/mol. The first-order valence-electron chi connectivity index (χ1n) is 6.04. The zero-order valence-corrected chi connectivity index (χ0v) is 12.3. The molecule has 1 aliphatic rings. The largest absolute Gasteiger partial charge is 0.345 e. The van der Waals surface area contributed by atoms with E-state index < -0.39 is 17.2 Å². The molecular formula is C13H13BrF2N2O2. The highest BCUT2D eigenvalue weighted by Gasteiger charge is 2.38. The molecular weight excluding hydrogens is 334 g/mol. The Kier molecular flexibility index (Phi) is 4.08. The number of carbonyl (C=O) groups is 2. The van der Waals surface area contributed by atoms with Crippen molar-refractivity contribution in [2.24, 2.45) is 0 Å². The fourth-order valence-electron chi connectivity index (χ4n) is 2.08. The van der Waals surface area contributed by atoms with E-state index >= 15 is 0 Å². The van der Waals surface area contributed by atoms with Gasteiger partial charge in [-0.25, -0.2) is 8.78 Å². The highest BCUT2D eigenvalue weighted by molar-refractivity contribution is 9.10. The van der Waals surface area contributed by atoms with Crippen LogP contribution in [0, 0.1) is 11.6 Å². The van der Waals surface area contributed by atoms with Crippen molar-refractivity contribution in [3.8, 4) is 0 Å². The predicted octanol–water partition coefficient (Wildman–Crippen LogP) is 1.66. The van der Waals surface area contributed by atoms with Crippen molar-refractivity contribution in [2.45, 2.75) is 25.3 Å². The zero-order valence-electron chi connectivity index (χ0n) is 10.7. The van der Waals surface area contributed by atoms with Crippen molar-refractivity contribution in [1.29, 1.82) is 0 Å². The summed E-state index contributed by atoms with van der Waals surface area (Å²) in [5.41, 5.74) is -0.796. The lowest BCUT2D eigenvalue weighted by Crippen LogP contribution is -2.64. The van der Waals surface area contributed by atoms with Gasteiger partial charge in [0.05, 0.1) is 11.0 Å². The maximum absolute atomic E-state index is 13.6. The third-order valence-corrected chi connectivity index (χ3v) is 3.92. The standard InChI is InChI=1S/C13H13BrF2N2O2/c1-13(12(20)17-6-11(19)18-13)3-2-7-4-8(14)10(16)5-9(7)15/h4-5H,2-3,6H2,1H3,(H,17,20)(H,18,19). The second-order valence-electron chi connectivity index (χ2n) is 4.92. The Morgan fingerprint density at radius 1 is 1.30 bits per heavy atom. The van der Waals surface area contributed by atoms with Crippen molar-refractivity contribution >= 4 is 27.7 Å². The molecule has 2 rings (SSSR count). The second-order valence-corrected chi connectivity index (χ2v) is 5.78. The molecule has 2 N–H and O–H groups in total. The molecule has 1 aromatic carbocycles. The second kappa shape index (κ2) is 5.47. The molecule has 0 bridgehead atoms. The van der Waals surface area contributed by atoms with E-state index in [1.165, 1.54) is 6.07 Å². The predicted molar refractivity (Wildman–Crippen MR) is 71.9 cm³/mol. The SMILES string of the molecule is CC1(CCc2cc(Br)c(F)cc2F)NC(=O)CNC1=O. The third-order valence-electron chi connectivity index (χ3n) is 3.31. The maximum atomic E-state index is 13.6. The number of amides is 2. The summed E-state index contributed by atoms with van der Waals surface area (Å²) in [7, 11) is 0. The van der Waals surface area contributed by atoms with Crippen LogP contribution in [0.25, 0.3) is 0 Å². The number of nitrogens with one attached hydrogen (secondary N) is 2. The lowest BCUT2D eigenvalue weighted by atomic mass is 9.90. The third kappa shape index (κ3) is 2.98. The summed E-state index contributed by atoms with van der Waals surface area (Å²) in [4.78, 5) is 23.1. The van der Waals surface area contributed by atoms with Gasteiger partial charge in [-0.2, -0.15) is 0 Å². The Bertz CT molecular complexity index is 580. The van der Waals surface area contributed by atoms with Crippen molar-refractivity contribution in [2.75, 3.05) is 6.54 Å². The molecule has 4 nitrogen and oxygen atoms in total. The summed E-state index contributed by atoms with van der Waals surface area (Å²) in [5, 5.41) is 5.08. The Hall–Kier alpha value is -1.50. The first-order valence-corrected chi connectivity index (χ1v) is 6.84. The van der Waals surface area contributed by atoms with Gasteiger partial charge in [0.1, 0.15) is 17.2 Å². The number of piperazine rings is 1. The molecule has 0 spiro atoms. The van der Waals surface area contributed by atoms with E-state index in [4.69, 9.17) is 0 Å². The fraction of sp³-hybridized carbons (Fsp3) is 0.385. The quantitative estimate of drug-likeness (QED) is 0.818. The van der Waals surface area contributed by atoms with E-state index in [1.54, 1.807) is 6.92 Å². The summed E-state index contributed by atoms with van der Waals surface area (Å²) in [6.45, 7) is 1.53. The van der Waals surface area contributed by atoms with Gasteiger partial charge in [-0.15, -0.1) is 0 Å². The van der Waals surface area contributed by atoms with Crippen LogP contribution in [-0.4, -0.2) is 23.9 Å². The minimum Gasteiger partial charge on any atom is -0.345 e. The molecule has 1 unspecified atom stereocenters. The molecule has 0 aliphatic carbocycles. The molecule has 7 heteroatoms. The van der Waals surface area contributed by atoms with Crippen LogP contribution in [0.1, 0.15) is 18.9 Å². The van der Waals surface area contributed by atoms with Crippen LogP contribution in [0.15, 0.2) is 16.6 Å². The molecule has 20 heavy (non-hydrogen) atoms. The van der Waals surface area contributed by atoms with Crippen LogP contribution in [0.5, 0.6) is 0 Å². The van der Waals surface area contributed by atoms with Crippen LogP contribution < -0.4 is 10.6 Å². The number of hydrogen-bond donors (Lipinski definition) is 2. The van der Waals surface area contributed by atoms with Crippen molar-refractivity contribution < 1.29 is 18.4 Å². The van der Waals surface area contributed by atoms with Crippen LogP contribution >= 0.6 is 15.9 Å². The Morgan fingerprint density at radius 2 is 2.00 bits per heavy atom. The summed E-state index contributed by atoms with van der Waals surface area (Å²) < 4.78 is 26.9. The minimum atomic E-state index is -1.08. The Labute approximate surface area is 123 Å². The number of carbonyl (C=O) groups excluding carboxylic acids is 2. The average molecular weight is 347 g/mol. The van der Waals surface area contributed by atoms with Gasteiger partial charge in [0, 0.05) is 6.07 Å². The fourth-order valence-corrected chi connectivity index (χ4v) is 2.47. The Morgan fingerprint density at radius 3 is 2.70 bits per heavy atom. The lowest BCUT2D eigenvalue weighted by molar-refractivity contribution is -0.138. The first kappa shape index (κ1) is 14.9. The summed E-state index contributed by atoms with van der Waals surface area (Å²) in [6, 6.07) is 2.14. The smallest absolute Gasteiger partial charge is 0.245 e. The van der Waals surface area contributed by atoms with E-state index in [1.807, 2.05) is 0 Å². The lowest BCUT2D eigenvalue weighted by Gasteiger charge is -2.33. The highest BCUT2D eigenvalue weighted by atomic mass is 79.9. The van der Waals surface area contributed by atoms with E-state index in [-0.39, 0.29) is 41.2 Å². The maximum Gasteiger partial charge on any atom is 0.245 e. The molecule has 0 aromatic heterocycles. The molecule has 0 saturated carbocycles. The van der Waals surface area contributed by atoms with Gasteiger partial charge in [0.25, 0.3) is 0 Å². The van der Waals surface area contributed by atoms with E-state index in [0.29, 0.717) is 0 Å². The molecule has 1 atom stereocenters. The summed E-state index contributed by atoms with van der Waals surface area (Å²) in [6.07, 6.45) is 0.425. The van der Waals surface area contributed by atoms with Gasteiger partial charge in [-0.1, -0.05) is 0 Å². The van der Waals surface area contributed by atoms with E-state index in [2.05, 4.69) is 26.6 Å². The number of halogens is 3. The van der Waals surface area contributed by atoms with Crippen LogP contribution in [-0.2, 0) is 16.0 Å². The molecule has 1 aliphatic heterocycles. The topological polar surface area (TPSA) is 58.2 Å². The van der Waals surface area contributed by atoms with Gasteiger partial charge in [-0.05, 0) is 47.3 Å². The van der Waals surface area contributed by atoms with Crippen LogP contribution in [0.4, 0.5) is 8.78 Å². The van der Waals surface area contributed by atoms with Crippen molar-refractivity contribution in [3.63, 3.8) is 0 Å². The number of benzene rings is 1. The molecule has 1 fully saturated rings. The van der Waals surface area contributed by atoms with E-state index in [0.717, 1.165) is 6.07 Å². The summed E-state index contributed by atoms with van der Waals surface area (Å²) in [5.74, 6) is -1.94. The highest BCUT2D eigenvalue weighted by Crippen LogP contribution is 2.23. The summed E-state index contributed by atoms with van der Waals surface area (Å²) >= 11 is 2.99. The van der Waals surface area contributed by atoms with Crippen LogP contribution in [0.2, 0.25) is 0 Å². The molecule has 2 amide bonds. The number of rotatable bonds is 3. The molecule has 1 aromatic rings. The molecule has 108 valence electrons. The minimum absolute atomic E-state index is 0.0507. The van der Waals surface area contributed by atoms with E-state index in [9.17, 15) is 18.4 Å². The molecule has 0 radical (unpaired) electrons.